The third-order valence-electron chi connectivity index (χ3n) is 5.22. The van der Waals surface area contributed by atoms with Crippen LogP contribution in [0.4, 0.5) is 5.69 Å². The molecule has 2 aromatic carbocycles. The summed E-state index contributed by atoms with van der Waals surface area (Å²) >= 11 is 0. The van der Waals surface area contributed by atoms with E-state index in [0.717, 1.165) is 61.2 Å². The van der Waals surface area contributed by atoms with Crippen molar-refractivity contribution in [2.75, 3.05) is 25.4 Å². The number of hydrogen-bond donors (Lipinski definition) is 2. The highest BCUT2D eigenvalue weighted by molar-refractivity contribution is 5.75. The van der Waals surface area contributed by atoms with Gasteiger partial charge in [-0.1, -0.05) is 30.0 Å². The Bertz CT molecular complexity index is 1050. The highest BCUT2D eigenvalue weighted by Gasteiger charge is 2.23. The van der Waals surface area contributed by atoms with Gasteiger partial charge < -0.3 is 15.6 Å². The minimum Gasteiger partial charge on any atom is -0.399 e. The number of benzene rings is 2. The van der Waals surface area contributed by atoms with Crippen molar-refractivity contribution in [1.82, 2.24) is 14.5 Å². The van der Waals surface area contributed by atoms with E-state index in [1.54, 1.807) is 0 Å². The Hall–Kier alpha value is -2.97. The summed E-state index contributed by atoms with van der Waals surface area (Å²) in [5, 5.41) is 0. The molecule has 27 heavy (non-hydrogen) atoms. The van der Waals surface area contributed by atoms with Crippen molar-refractivity contribution in [3.8, 4) is 11.8 Å². The van der Waals surface area contributed by atoms with Gasteiger partial charge >= 0.3 is 5.69 Å². The molecule has 0 atom stereocenters. The van der Waals surface area contributed by atoms with Crippen LogP contribution in [0.25, 0.3) is 11.0 Å². The van der Waals surface area contributed by atoms with Crippen molar-refractivity contribution < 1.29 is 0 Å². The van der Waals surface area contributed by atoms with Crippen molar-refractivity contribution in [2.45, 2.75) is 25.3 Å². The Morgan fingerprint density at radius 3 is 2.74 bits per heavy atom. The van der Waals surface area contributed by atoms with Crippen molar-refractivity contribution in [2.24, 2.45) is 0 Å². The molecule has 0 amide bonds. The molecule has 1 aliphatic heterocycles. The van der Waals surface area contributed by atoms with E-state index >= 15 is 0 Å². The number of hydrogen-bond acceptors (Lipinski definition) is 3. The third kappa shape index (κ3) is 3.91. The molecular weight excluding hydrogens is 336 g/mol. The lowest BCUT2D eigenvalue weighted by atomic mass is 10.0. The molecule has 138 valence electrons. The number of fused-ring (bicyclic) bond motifs is 1. The van der Waals surface area contributed by atoms with Crippen LogP contribution in [0.3, 0.4) is 0 Å². The molecule has 1 aliphatic rings. The number of imidazole rings is 1. The minimum absolute atomic E-state index is 0.00245. The molecular formula is C22H24N4O. The van der Waals surface area contributed by atoms with Gasteiger partial charge in [0.1, 0.15) is 0 Å². The fraction of sp³-hybridized carbons (Fsp3) is 0.318. The zero-order valence-corrected chi connectivity index (χ0v) is 15.3. The van der Waals surface area contributed by atoms with Gasteiger partial charge in [-0.25, -0.2) is 4.79 Å². The zero-order valence-electron chi connectivity index (χ0n) is 15.3. The minimum atomic E-state index is 0.00245. The van der Waals surface area contributed by atoms with Crippen LogP contribution in [0.5, 0.6) is 0 Å². The van der Waals surface area contributed by atoms with Crippen LogP contribution < -0.4 is 11.4 Å². The maximum absolute atomic E-state index is 12.4. The Balaban J connectivity index is 1.33. The molecule has 0 aliphatic carbocycles. The predicted molar refractivity (Wildman–Crippen MR) is 110 cm³/mol. The lowest BCUT2D eigenvalue weighted by Gasteiger charge is -2.32. The second-order valence-corrected chi connectivity index (χ2v) is 7.07. The number of aromatic nitrogens is 2. The third-order valence-corrected chi connectivity index (χ3v) is 5.22. The average Bonchev–Trinajstić information content (AvgIpc) is 3.02. The van der Waals surface area contributed by atoms with Crippen molar-refractivity contribution in [1.29, 1.82) is 0 Å². The number of aromatic amines is 1. The fourth-order valence-electron chi connectivity index (χ4n) is 3.83. The molecule has 1 fully saturated rings. The van der Waals surface area contributed by atoms with Gasteiger partial charge in [0.2, 0.25) is 0 Å². The molecule has 1 aromatic heterocycles. The Morgan fingerprint density at radius 1 is 1.11 bits per heavy atom. The molecule has 3 aromatic rings. The predicted octanol–water partition coefficient (Wildman–Crippen LogP) is 2.99. The zero-order chi connectivity index (χ0) is 18.6. The van der Waals surface area contributed by atoms with Gasteiger partial charge in [-0.2, -0.15) is 0 Å². The second-order valence-electron chi connectivity index (χ2n) is 7.07. The fourth-order valence-corrected chi connectivity index (χ4v) is 3.83. The highest BCUT2D eigenvalue weighted by Crippen LogP contribution is 2.24. The maximum Gasteiger partial charge on any atom is 0.326 e. The Kier molecular flexibility index (Phi) is 4.99. The molecule has 0 radical (unpaired) electrons. The normalized spacial score (nSPS) is 15.6. The van der Waals surface area contributed by atoms with Crippen molar-refractivity contribution in [3.05, 3.63) is 64.6 Å². The van der Waals surface area contributed by atoms with Crippen LogP contribution >= 0.6 is 0 Å². The summed E-state index contributed by atoms with van der Waals surface area (Å²) in [6.45, 7) is 2.96. The van der Waals surface area contributed by atoms with E-state index in [0.29, 0.717) is 0 Å². The van der Waals surface area contributed by atoms with Gasteiger partial charge in [-0.15, -0.1) is 0 Å². The van der Waals surface area contributed by atoms with Crippen molar-refractivity contribution in [3.63, 3.8) is 0 Å². The lowest BCUT2D eigenvalue weighted by molar-refractivity contribution is 0.190. The molecule has 4 rings (SSSR count). The molecule has 2 heterocycles. The number of nitrogen functional groups attached to an aromatic ring is 1. The Morgan fingerprint density at radius 2 is 1.93 bits per heavy atom. The molecule has 5 heteroatoms. The number of H-pyrrole nitrogens is 1. The first kappa shape index (κ1) is 17.4. The highest BCUT2D eigenvalue weighted by atomic mass is 16.1. The van der Waals surface area contributed by atoms with Gasteiger partial charge in [0.15, 0.2) is 0 Å². The first-order chi connectivity index (χ1) is 13.2. The van der Waals surface area contributed by atoms with E-state index in [1.165, 1.54) is 0 Å². The topological polar surface area (TPSA) is 67.0 Å². The second kappa shape index (κ2) is 7.73. The van der Waals surface area contributed by atoms with Gasteiger partial charge in [0.05, 0.1) is 11.0 Å². The number of nitrogens with zero attached hydrogens (tertiary/aromatic N) is 2. The van der Waals surface area contributed by atoms with E-state index in [4.69, 9.17) is 5.73 Å². The first-order valence-corrected chi connectivity index (χ1v) is 9.47. The van der Waals surface area contributed by atoms with E-state index in [-0.39, 0.29) is 11.7 Å². The molecule has 0 spiro atoms. The molecule has 0 unspecified atom stereocenters. The maximum atomic E-state index is 12.4. The van der Waals surface area contributed by atoms with Crippen LogP contribution in [0.2, 0.25) is 0 Å². The van der Waals surface area contributed by atoms with Crippen LogP contribution in [0, 0.1) is 11.8 Å². The number of nitrogens with one attached hydrogen (secondary N) is 1. The summed E-state index contributed by atoms with van der Waals surface area (Å²) in [6.07, 6.45) is 2.82. The number of rotatable bonds is 3. The lowest BCUT2D eigenvalue weighted by Crippen LogP contribution is -2.37. The summed E-state index contributed by atoms with van der Waals surface area (Å²) in [7, 11) is 0. The molecule has 3 N–H and O–H groups in total. The largest absolute Gasteiger partial charge is 0.399 e. The summed E-state index contributed by atoms with van der Waals surface area (Å²) < 4.78 is 1.94. The standard InChI is InChI=1S/C22H24N4O/c23-18-8-5-7-17(16-18)6-3-4-13-25-14-11-19(12-15-25)26-21-10-2-1-9-20(21)24-22(26)27/h1-2,5,7-10,16,19H,4,11-15,23H2,(H,24,27). The van der Waals surface area contributed by atoms with E-state index in [1.807, 2.05) is 53.1 Å². The van der Waals surface area contributed by atoms with Crippen LogP contribution in [-0.4, -0.2) is 34.1 Å². The molecule has 0 saturated carbocycles. The summed E-state index contributed by atoms with van der Waals surface area (Å²) in [5.41, 5.74) is 9.42. The van der Waals surface area contributed by atoms with E-state index in [2.05, 4.69) is 21.7 Å². The smallest absolute Gasteiger partial charge is 0.326 e. The van der Waals surface area contributed by atoms with E-state index in [9.17, 15) is 4.79 Å². The van der Waals surface area contributed by atoms with Gasteiger partial charge in [0.25, 0.3) is 0 Å². The van der Waals surface area contributed by atoms with Crippen LogP contribution in [-0.2, 0) is 0 Å². The van der Waals surface area contributed by atoms with Crippen molar-refractivity contribution >= 4 is 16.7 Å². The molecule has 0 bridgehead atoms. The van der Waals surface area contributed by atoms with Crippen LogP contribution in [0.15, 0.2) is 53.3 Å². The number of likely N-dealkylation sites (tertiary alicyclic amines) is 1. The van der Waals surface area contributed by atoms with E-state index < -0.39 is 0 Å². The number of anilines is 1. The van der Waals surface area contributed by atoms with Gasteiger partial charge in [-0.3, -0.25) is 4.57 Å². The average molecular weight is 360 g/mol. The summed E-state index contributed by atoms with van der Waals surface area (Å²) in [4.78, 5) is 17.8. The number of nitrogens with two attached hydrogens (primary N) is 1. The molecule has 5 nitrogen and oxygen atoms in total. The number of piperidine rings is 1. The van der Waals surface area contributed by atoms with Gasteiger partial charge in [0, 0.05) is 43.3 Å². The quantitative estimate of drug-likeness (QED) is 0.557. The summed E-state index contributed by atoms with van der Waals surface area (Å²) in [5.74, 6) is 6.42. The monoisotopic (exact) mass is 360 g/mol. The SMILES string of the molecule is Nc1cccc(C#CCCN2CCC(n3c(=O)[nH]c4ccccc43)CC2)c1. The van der Waals surface area contributed by atoms with Crippen LogP contribution in [0.1, 0.15) is 30.9 Å². The number of para-hydroxylation sites is 2. The summed E-state index contributed by atoms with van der Waals surface area (Å²) in [6, 6.07) is 15.9. The Labute approximate surface area is 158 Å². The van der Waals surface area contributed by atoms with Gasteiger partial charge in [-0.05, 0) is 43.2 Å². The first-order valence-electron chi connectivity index (χ1n) is 9.47. The molecule has 1 saturated heterocycles.